The van der Waals surface area contributed by atoms with E-state index >= 15 is 0 Å². The summed E-state index contributed by atoms with van der Waals surface area (Å²) in [5.74, 6) is -1.42. The van der Waals surface area contributed by atoms with E-state index < -0.39 is 23.4 Å². The molecule has 0 saturated heterocycles. The molecule has 0 aliphatic carbocycles. The lowest BCUT2D eigenvalue weighted by Crippen LogP contribution is -2.21. The first-order chi connectivity index (χ1) is 13.8. The molecule has 0 fully saturated rings. The quantitative estimate of drug-likeness (QED) is 0.275. The van der Waals surface area contributed by atoms with Crippen LogP contribution in [-0.4, -0.2) is 43.7 Å². The van der Waals surface area contributed by atoms with Gasteiger partial charge in [-0.2, -0.15) is 0 Å². The Balaban J connectivity index is 1.98. The number of benzene rings is 2. The number of nitro benzene ring substituents is 1. The third-order valence-electron chi connectivity index (χ3n) is 3.84. The number of nitro groups is 1. The summed E-state index contributed by atoms with van der Waals surface area (Å²) in [6.45, 7) is 2.01. The van der Waals surface area contributed by atoms with Crippen molar-refractivity contribution in [1.29, 1.82) is 0 Å². The number of aryl methyl sites for hydroxylation is 1. The lowest BCUT2D eigenvalue weighted by Gasteiger charge is -2.09. The van der Waals surface area contributed by atoms with Gasteiger partial charge in [-0.25, -0.2) is 4.79 Å². The highest BCUT2D eigenvalue weighted by Crippen LogP contribution is 2.26. The minimum Gasteiger partial charge on any atom is -0.452 e. The molecule has 10 heteroatoms. The fourth-order valence-corrected chi connectivity index (χ4v) is 2.51. The molecule has 0 radical (unpaired) electrons. The molecule has 0 aromatic heterocycles. The van der Waals surface area contributed by atoms with E-state index in [2.05, 4.69) is 10.6 Å². The molecule has 0 heterocycles. The van der Waals surface area contributed by atoms with Crippen LogP contribution < -0.4 is 10.6 Å². The van der Waals surface area contributed by atoms with Gasteiger partial charge in [0.15, 0.2) is 6.61 Å². The molecule has 9 nitrogen and oxygen atoms in total. The predicted octanol–water partition coefficient (Wildman–Crippen LogP) is 3.41. The van der Waals surface area contributed by atoms with Crippen LogP contribution in [-0.2, 0) is 14.3 Å². The van der Waals surface area contributed by atoms with E-state index in [1.807, 2.05) is 6.92 Å². The van der Waals surface area contributed by atoms with E-state index in [1.54, 1.807) is 18.2 Å². The number of esters is 1. The highest BCUT2D eigenvalue weighted by Gasteiger charge is 2.19. The number of hydrogen-bond acceptors (Lipinski definition) is 7. The normalized spacial score (nSPS) is 10.3. The maximum atomic E-state index is 12.2. The second-order valence-electron chi connectivity index (χ2n) is 6.00. The highest BCUT2D eigenvalue weighted by molar-refractivity contribution is 6.31. The van der Waals surface area contributed by atoms with Crippen molar-refractivity contribution in [3.05, 3.63) is 62.7 Å². The van der Waals surface area contributed by atoms with Crippen LogP contribution >= 0.6 is 11.6 Å². The molecular weight excluding hydrogens is 402 g/mol. The number of amides is 1. The summed E-state index contributed by atoms with van der Waals surface area (Å²) in [6, 6.07) is 8.86. The molecule has 2 N–H and O–H groups in total. The topological polar surface area (TPSA) is 120 Å². The summed E-state index contributed by atoms with van der Waals surface area (Å²) in [5.41, 5.74) is 1.24. The van der Waals surface area contributed by atoms with Crippen LogP contribution in [0.5, 0.6) is 0 Å². The number of ether oxygens (including phenoxy) is 2. The largest absolute Gasteiger partial charge is 0.452 e. The Morgan fingerprint density at radius 3 is 2.62 bits per heavy atom. The molecule has 2 aromatic rings. The second kappa shape index (κ2) is 10.4. The van der Waals surface area contributed by atoms with Gasteiger partial charge in [0.1, 0.15) is 5.69 Å². The van der Waals surface area contributed by atoms with E-state index in [-0.39, 0.29) is 16.9 Å². The third-order valence-corrected chi connectivity index (χ3v) is 4.25. The molecule has 2 aromatic carbocycles. The standard InChI is InChI=1S/C19H20ClN3O6/c1-12-3-5-14(10-15(12)20)22-18(24)11-29-19(25)13-4-6-16(21-7-8-28-2)17(9-13)23(26)27/h3-6,9-10,21H,7-8,11H2,1-2H3,(H,22,24). The Kier molecular flexibility index (Phi) is 7.93. The molecule has 0 aliphatic heterocycles. The molecule has 2 rings (SSSR count). The molecule has 0 spiro atoms. The molecular formula is C19H20ClN3O6. The molecule has 0 saturated carbocycles. The maximum Gasteiger partial charge on any atom is 0.338 e. The Hall–Kier alpha value is -3.17. The summed E-state index contributed by atoms with van der Waals surface area (Å²) in [7, 11) is 1.51. The number of nitrogens with one attached hydrogen (secondary N) is 2. The fourth-order valence-electron chi connectivity index (χ4n) is 2.33. The first-order valence-electron chi connectivity index (χ1n) is 8.56. The van der Waals surface area contributed by atoms with Gasteiger partial charge < -0.3 is 20.1 Å². The van der Waals surface area contributed by atoms with Crippen molar-refractivity contribution in [3.63, 3.8) is 0 Å². The van der Waals surface area contributed by atoms with E-state index in [0.717, 1.165) is 11.6 Å². The van der Waals surface area contributed by atoms with Gasteiger partial charge in [-0.05, 0) is 36.8 Å². The van der Waals surface area contributed by atoms with Crippen molar-refractivity contribution in [2.45, 2.75) is 6.92 Å². The van der Waals surface area contributed by atoms with Gasteiger partial charge in [-0.15, -0.1) is 0 Å². The van der Waals surface area contributed by atoms with E-state index in [4.69, 9.17) is 21.1 Å². The Morgan fingerprint density at radius 2 is 1.97 bits per heavy atom. The van der Waals surface area contributed by atoms with Gasteiger partial charge in [0.05, 0.1) is 17.1 Å². The van der Waals surface area contributed by atoms with E-state index in [1.165, 1.54) is 19.2 Å². The van der Waals surface area contributed by atoms with Crippen LogP contribution in [0.4, 0.5) is 17.1 Å². The third kappa shape index (κ3) is 6.44. The monoisotopic (exact) mass is 421 g/mol. The Labute approximate surface area is 172 Å². The zero-order valence-corrected chi connectivity index (χ0v) is 16.6. The zero-order valence-electron chi connectivity index (χ0n) is 15.9. The van der Waals surface area contributed by atoms with Crippen molar-refractivity contribution in [1.82, 2.24) is 0 Å². The van der Waals surface area contributed by atoms with Gasteiger partial charge in [0, 0.05) is 30.4 Å². The van der Waals surface area contributed by atoms with Crippen LogP contribution in [0.2, 0.25) is 5.02 Å². The number of nitrogens with zero attached hydrogens (tertiary/aromatic N) is 1. The maximum absolute atomic E-state index is 12.2. The smallest absolute Gasteiger partial charge is 0.338 e. The molecule has 0 atom stereocenters. The van der Waals surface area contributed by atoms with Crippen molar-refractivity contribution in [3.8, 4) is 0 Å². The van der Waals surface area contributed by atoms with E-state index in [9.17, 15) is 19.7 Å². The molecule has 1 amide bonds. The van der Waals surface area contributed by atoms with Crippen LogP contribution in [0, 0.1) is 17.0 Å². The average molecular weight is 422 g/mol. The number of methoxy groups -OCH3 is 1. The van der Waals surface area contributed by atoms with Crippen LogP contribution in [0.15, 0.2) is 36.4 Å². The van der Waals surface area contributed by atoms with Gasteiger partial charge >= 0.3 is 5.97 Å². The SMILES string of the molecule is COCCNc1ccc(C(=O)OCC(=O)Nc2ccc(C)c(Cl)c2)cc1[N+](=O)[O-]. The number of carbonyl (C=O) groups is 2. The average Bonchev–Trinajstić information content (AvgIpc) is 2.69. The van der Waals surface area contributed by atoms with Gasteiger partial charge in [0.2, 0.25) is 0 Å². The molecule has 154 valence electrons. The summed E-state index contributed by atoms with van der Waals surface area (Å²) in [5, 5.41) is 17.2. The van der Waals surface area contributed by atoms with Crippen LogP contribution in [0.25, 0.3) is 0 Å². The van der Waals surface area contributed by atoms with Gasteiger partial charge in [0.25, 0.3) is 11.6 Å². The van der Waals surface area contributed by atoms with Crippen LogP contribution in [0.1, 0.15) is 15.9 Å². The first kappa shape index (κ1) is 22.1. The minimum atomic E-state index is -0.853. The van der Waals surface area contributed by atoms with Gasteiger partial charge in [-0.1, -0.05) is 17.7 Å². The number of halogens is 1. The van der Waals surface area contributed by atoms with Crippen molar-refractivity contribution in [2.75, 3.05) is 37.5 Å². The predicted molar refractivity (Wildman–Crippen MR) is 109 cm³/mol. The molecule has 29 heavy (non-hydrogen) atoms. The second-order valence-corrected chi connectivity index (χ2v) is 6.40. The van der Waals surface area contributed by atoms with Crippen molar-refractivity contribution < 1.29 is 24.0 Å². The van der Waals surface area contributed by atoms with Crippen LogP contribution in [0.3, 0.4) is 0 Å². The minimum absolute atomic E-state index is 0.0415. The summed E-state index contributed by atoms with van der Waals surface area (Å²) >= 11 is 5.99. The molecule has 0 unspecified atom stereocenters. The summed E-state index contributed by atoms with van der Waals surface area (Å²) in [4.78, 5) is 34.8. The summed E-state index contributed by atoms with van der Waals surface area (Å²) in [6.07, 6.45) is 0. The number of carbonyl (C=O) groups excluding carboxylic acids is 2. The first-order valence-corrected chi connectivity index (χ1v) is 8.94. The van der Waals surface area contributed by atoms with Gasteiger partial charge in [-0.3, -0.25) is 14.9 Å². The summed E-state index contributed by atoms with van der Waals surface area (Å²) < 4.78 is 9.83. The van der Waals surface area contributed by atoms with E-state index in [0.29, 0.717) is 23.9 Å². The Morgan fingerprint density at radius 1 is 1.21 bits per heavy atom. The fraction of sp³-hybridized carbons (Fsp3) is 0.263. The zero-order chi connectivity index (χ0) is 21.4. The lowest BCUT2D eigenvalue weighted by atomic mass is 10.1. The Bertz CT molecular complexity index is 919. The van der Waals surface area contributed by atoms with Crippen molar-refractivity contribution >= 4 is 40.5 Å². The number of hydrogen-bond donors (Lipinski definition) is 2. The highest BCUT2D eigenvalue weighted by atomic mass is 35.5. The van der Waals surface area contributed by atoms with Crippen molar-refractivity contribution in [2.24, 2.45) is 0 Å². The molecule has 0 bridgehead atoms. The number of rotatable bonds is 9. The number of anilines is 2. The lowest BCUT2D eigenvalue weighted by molar-refractivity contribution is -0.384. The molecule has 0 aliphatic rings.